The summed E-state index contributed by atoms with van der Waals surface area (Å²) in [4.78, 5) is 15.6. The number of thiophene rings is 1. The zero-order valence-corrected chi connectivity index (χ0v) is 15.9. The van der Waals surface area contributed by atoms with Crippen molar-refractivity contribution in [3.63, 3.8) is 0 Å². The van der Waals surface area contributed by atoms with Crippen LogP contribution in [0.3, 0.4) is 0 Å². The molecular formula is C19H21N3O3S. The number of ether oxygens (including phenoxy) is 1. The van der Waals surface area contributed by atoms with Crippen molar-refractivity contribution in [3.05, 3.63) is 58.3 Å². The van der Waals surface area contributed by atoms with Crippen molar-refractivity contribution < 1.29 is 13.9 Å². The van der Waals surface area contributed by atoms with Gasteiger partial charge in [0.1, 0.15) is 0 Å². The normalized spacial score (nSPS) is 10.9. The largest absolute Gasteiger partial charge is 0.418 e. The molecule has 2 aromatic heterocycles. The van der Waals surface area contributed by atoms with E-state index in [1.807, 2.05) is 49.6 Å². The molecule has 3 aromatic rings. The zero-order valence-electron chi connectivity index (χ0n) is 15.1. The second kappa shape index (κ2) is 8.25. The highest BCUT2D eigenvalue weighted by atomic mass is 32.1. The Morgan fingerprint density at radius 3 is 2.65 bits per heavy atom. The predicted octanol–water partition coefficient (Wildman–Crippen LogP) is 3.70. The maximum absolute atomic E-state index is 13.0. The molecule has 26 heavy (non-hydrogen) atoms. The average molecular weight is 371 g/mol. The summed E-state index contributed by atoms with van der Waals surface area (Å²) in [7, 11) is 1.61. The summed E-state index contributed by atoms with van der Waals surface area (Å²) in [6.07, 6.45) is 0. The van der Waals surface area contributed by atoms with Crippen molar-refractivity contribution >= 4 is 17.2 Å². The number of aryl methyl sites for hydroxylation is 2. The van der Waals surface area contributed by atoms with Gasteiger partial charge in [0.25, 0.3) is 11.8 Å². The van der Waals surface area contributed by atoms with Crippen molar-refractivity contribution in [2.24, 2.45) is 0 Å². The summed E-state index contributed by atoms with van der Waals surface area (Å²) < 4.78 is 10.9. The van der Waals surface area contributed by atoms with Gasteiger partial charge in [-0.25, -0.2) is 0 Å². The third-order valence-corrected chi connectivity index (χ3v) is 4.70. The summed E-state index contributed by atoms with van der Waals surface area (Å²) in [6.45, 7) is 5.08. The minimum absolute atomic E-state index is 0.0790. The van der Waals surface area contributed by atoms with Crippen LogP contribution in [0.4, 0.5) is 0 Å². The topological polar surface area (TPSA) is 68.5 Å². The highest BCUT2D eigenvalue weighted by molar-refractivity contribution is 7.13. The molecule has 1 amide bonds. The van der Waals surface area contributed by atoms with Crippen LogP contribution in [-0.4, -0.2) is 41.3 Å². The maximum atomic E-state index is 13.0. The van der Waals surface area contributed by atoms with E-state index < -0.39 is 0 Å². The number of hydrogen-bond donors (Lipinski definition) is 0. The van der Waals surface area contributed by atoms with Crippen LogP contribution in [-0.2, 0) is 11.3 Å². The molecule has 0 saturated carbocycles. The second-order valence-corrected chi connectivity index (χ2v) is 7.02. The summed E-state index contributed by atoms with van der Waals surface area (Å²) in [5, 5.41) is 10.1. The first-order valence-electron chi connectivity index (χ1n) is 8.29. The van der Waals surface area contributed by atoms with Crippen molar-refractivity contribution in [2.45, 2.75) is 20.4 Å². The maximum Gasteiger partial charge on any atom is 0.257 e. The Hall–Kier alpha value is -2.51. The number of methoxy groups -OCH3 is 1. The third-order valence-electron chi connectivity index (χ3n) is 3.85. The van der Waals surface area contributed by atoms with Gasteiger partial charge in [-0.3, -0.25) is 4.79 Å². The molecule has 0 fully saturated rings. The third kappa shape index (κ3) is 4.36. The smallest absolute Gasteiger partial charge is 0.257 e. The molecule has 136 valence electrons. The van der Waals surface area contributed by atoms with Crippen LogP contribution in [0.2, 0.25) is 0 Å². The molecule has 0 radical (unpaired) electrons. The van der Waals surface area contributed by atoms with Crippen LogP contribution < -0.4 is 0 Å². The van der Waals surface area contributed by atoms with Gasteiger partial charge in [0.15, 0.2) is 0 Å². The predicted molar refractivity (Wildman–Crippen MR) is 100 cm³/mol. The lowest BCUT2D eigenvalue weighted by atomic mass is 10.1. The van der Waals surface area contributed by atoms with Gasteiger partial charge in [0.2, 0.25) is 5.89 Å². The first-order chi connectivity index (χ1) is 12.6. The van der Waals surface area contributed by atoms with Gasteiger partial charge in [-0.2, -0.15) is 0 Å². The van der Waals surface area contributed by atoms with E-state index in [0.717, 1.165) is 16.0 Å². The Morgan fingerprint density at radius 1 is 1.23 bits per heavy atom. The van der Waals surface area contributed by atoms with Gasteiger partial charge in [-0.1, -0.05) is 23.3 Å². The molecule has 0 atom stereocenters. The molecule has 0 bridgehead atoms. The van der Waals surface area contributed by atoms with Crippen LogP contribution >= 0.6 is 11.3 Å². The van der Waals surface area contributed by atoms with Gasteiger partial charge < -0.3 is 14.1 Å². The Morgan fingerprint density at radius 2 is 2.00 bits per heavy atom. The van der Waals surface area contributed by atoms with E-state index in [-0.39, 0.29) is 12.5 Å². The fourth-order valence-electron chi connectivity index (χ4n) is 2.72. The fraction of sp³-hybridized carbons (Fsp3) is 0.316. The highest BCUT2D eigenvalue weighted by Gasteiger charge is 2.20. The molecule has 0 aliphatic rings. The molecule has 7 heteroatoms. The first-order valence-corrected chi connectivity index (χ1v) is 9.17. The van der Waals surface area contributed by atoms with Gasteiger partial charge >= 0.3 is 0 Å². The average Bonchev–Trinajstić information content (AvgIpc) is 3.28. The van der Waals surface area contributed by atoms with Crippen LogP contribution in [0.15, 0.2) is 40.1 Å². The minimum atomic E-state index is -0.0790. The van der Waals surface area contributed by atoms with E-state index in [2.05, 4.69) is 10.2 Å². The molecule has 0 spiro atoms. The first kappa shape index (κ1) is 18.3. The highest BCUT2D eigenvalue weighted by Crippen LogP contribution is 2.23. The van der Waals surface area contributed by atoms with Gasteiger partial charge in [-0.15, -0.1) is 21.5 Å². The summed E-state index contributed by atoms with van der Waals surface area (Å²) in [6, 6.07) is 9.67. The Balaban J connectivity index is 1.80. The lowest BCUT2D eigenvalue weighted by Gasteiger charge is -2.21. The van der Waals surface area contributed by atoms with Crippen molar-refractivity contribution in [1.29, 1.82) is 0 Å². The number of aromatic nitrogens is 2. The lowest BCUT2D eigenvalue weighted by molar-refractivity contribution is 0.0663. The molecule has 6 nitrogen and oxygen atoms in total. The van der Waals surface area contributed by atoms with E-state index in [1.165, 1.54) is 11.3 Å². The lowest BCUT2D eigenvalue weighted by Crippen LogP contribution is -2.33. The second-order valence-electron chi connectivity index (χ2n) is 6.07. The molecule has 0 aliphatic heterocycles. The monoisotopic (exact) mass is 371 g/mol. The quantitative estimate of drug-likeness (QED) is 0.633. The molecule has 2 heterocycles. The number of carbonyl (C=O) groups is 1. The van der Waals surface area contributed by atoms with E-state index in [1.54, 1.807) is 12.0 Å². The number of rotatable bonds is 7. The standard InChI is InChI=1S/C19H21N3O3S/c1-13-9-14(2)11-15(10-13)19(23)22(6-7-24-3)12-17-20-21-18(25-17)16-5-4-8-26-16/h4-5,8-11H,6-7,12H2,1-3H3. The summed E-state index contributed by atoms with van der Waals surface area (Å²) >= 11 is 1.53. The zero-order chi connectivity index (χ0) is 18.5. The molecule has 0 N–H and O–H groups in total. The molecule has 0 aliphatic carbocycles. The van der Waals surface area contributed by atoms with E-state index in [9.17, 15) is 4.79 Å². The van der Waals surface area contributed by atoms with Crippen LogP contribution in [0.5, 0.6) is 0 Å². The molecular weight excluding hydrogens is 350 g/mol. The number of benzene rings is 1. The van der Waals surface area contributed by atoms with Gasteiger partial charge in [-0.05, 0) is 37.4 Å². The van der Waals surface area contributed by atoms with E-state index >= 15 is 0 Å². The number of amides is 1. The molecule has 0 unspecified atom stereocenters. The van der Waals surface area contributed by atoms with Gasteiger partial charge in [0, 0.05) is 19.2 Å². The van der Waals surface area contributed by atoms with Crippen LogP contribution in [0, 0.1) is 13.8 Å². The SMILES string of the molecule is COCCN(Cc1nnc(-c2cccs2)o1)C(=O)c1cc(C)cc(C)c1. The minimum Gasteiger partial charge on any atom is -0.418 e. The van der Waals surface area contributed by atoms with E-state index in [4.69, 9.17) is 9.15 Å². The van der Waals surface area contributed by atoms with Crippen LogP contribution in [0.25, 0.3) is 10.8 Å². The molecule has 3 rings (SSSR count). The fourth-order valence-corrected chi connectivity index (χ4v) is 3.36. The number of carbonyl (C=O) groups excluding carboxylic acids is 1. The van der Waals surface area contributed by atoms with Crippen LogP contribution in [0.1, 0.15) is 27.4 Å². The summed E-state index contributed by atoms with van der Waals surface area (Å²) in [5.41, 5.74) is 2.76. The van der Waals surface area contributed by atoms with Crippen molar-refractivity contribution in [2.75, 3.05) is 20.3 Å². The van der Waals surface area contributed by atoms with Crippen molar-refractivity contribution in [1.82, 2.24) is 15.1 Å². The van der Waals surface area contributed by atoms with E-state index in [0.29, 0.717) is 30.5 Å². The number of hydrogen-bond acceptors (Lipinski definition) is 6. The summed E-state index contributed by atoms with van der Waals surface area (Å²) in [5.74, 6) is 0.799. The Labute approximate surface area is 156 Å². The molecule has 0 saturated heterocycles. The van der Waals surface area contributed by atoms with Crippen molar-refractivity contribution in [3.8, 4) is 10.8 Å². The molecule has 1 aromatic carbocycles. The van der Waals surface area contributed by atoms with Gasteiger partial charge in [0.05, 0.1) is 18.0 Å². The number of nitrogens with zero attached hydrogens (tertiary/aromatic N) is 3. The Bertz CT molecular complexity index is 854. The Kier molecular flexibility index (Phi) is 5.80.